The second-order valence-corrected chi connectivity index (χ2v) is 7.56. The summed E-state index contributed by atoms with van der Waals surface area (Å²) in [6.07, 6.45) is 3.89. The van der Waals surface area contributed by atoms with E-state index >= 15 is 0 Å². The minimum atomic E-state index is -1.42. The molecular formula is C16H20O5S. The number of esters is 1. The lowest BCUT2D eigenvalue weighted by Gasteiger charge is -2.56. The summed E-state index contributed by atoms with van der Waals surface area (Å²) in [6.45, 7) is 4.09. The molecule has 5 nitrogen and oxygen atoms in total. The normalized spacial score (nSPS) is 38.4. The topological polar surface area (TPSA) is 61.8 Å². The van der Waals surface area contributed by atoms with Gasteiger partial charge in [0.15, 0.2) is 5.78 Å². The van der Waals surface area contributed by atoms with Crippen LogP contribution in [-0.4, -0.2) is 44.1 Å². The molecule has 0 radical (unpaired) electrons. The van der Waals surface area contributed by atoms with Gasteiger partial charge in [-0.3, -0.25) is 4.79 Å². The summed E-state index contributed by atoms with van der Waals surface area (Å²) in [5.41, 5.74) is 0.156. The quantitative estimate of drug-likeness (QED) is 0.584. The second-order valence-electron chi connectivity index (χ2n) is 6.17. The predicted octanol–water partition coefficient (Wildman–Crippen LogP) is 1.93. The molecule has 1 saturated carbocycles. The highest BCUT2D eigenvalue weighted by atomic mass is 32.2. The van der Waals surface area contributed by atoms with Crippen molar-refractivity contribution in [3.63, 3.8) is 0 Å². The van der Waals surface area contributed by atoms with E-state index in [9.17, 15) is 9.59 Å². The van der Waals surface area contributed by atoms with Crippen LogP contribution in [0.15, 0.2) is 22.6 Å². The summed E-state index contributed by atoms with van der Waals surface area (Å²) in [5, 5.41) is 0.00852. The van der Waals surface area contributed by atoms with Gasteiger partial charge in [0, 0.05) is 30.5 Å². The molecule has 3 aliphatic carbocycles. The fourth-order valence-electron chi connectivity index (χ4n) is 4.18. The fourth-order valence-corrected chi connectivity index (χ4v) is 5.84. The number of allylic oxidation sites excluding steroid dienone is 3. The van der Waals surface area contributed by atoms with Gasteiger partial charge >= 0.3 is 5.97 Å². The van der Waals surface area contributed by atoms with Gasteiger partial charge in [0.2, 0.25) is 5.79 Å². The number of fused-ring (bicyclic) bond motifs is 1. The van der Waals surface area contributed by atoms with Crippen molar-refractivity contribution in [1.82, 2.24) is 0 Å². The van der Waals surface area contributed by atoms with E-state index in [4.69, 9.17) is 14.2 Å². The van der Waals surface area contributed by atoms with Gasteiger partial charge in [-0.1, -0.05) is 19.1 Å². The zero-order valence-corrected chi connectivity index (χ0v) is 14.2. The van der Waals surface area contributed by atoms with Crippen LogP contribution in [-0.2, 0) is 23.8 Å². The van der Waals surface area contributed by atoms with Crippen molar-refractivity contribution in [2.24, 2.45) is 17.3 Å². The minimum absolute atomic E-state index is 0.00852. The van der Waals surface area contributed by atoms with Crippen LogP contribution in [0.3, 0.4) is 0 Å². The number of hydrogen-bond acceptors (Lipinski definition) is 6. The molecule has 1 heterocycles. The molecular weight excluding hydrogens is 304 g/mol. The van der Waals surface area contributed by atoms with Gasteiger partial charge in [-0.25, -0.2) is 4.79 Å². The van der Waals surface area contributed by atoms with Crippen LogP contribution < -0.4 is 0 Å². The molecule has 0 aromatic heterocycles. The maximum absolute atomic E-state index is 13.0. The number of ether oxygens (including phenoxy) is 3. The van der Waals surface area contributed by atoms with Crippen LogP contribution in [0.2, 0.25) is 0 Å². The van der Waals surface area contributed by atoms with Gasteiger partial charge in [0.25, 0.3) is 0 Å². The van der Waals surface area contributed by atoms with Gasteiger partial charge in [-0.2, -0.15) is 0 Å². The van der Waals surface area contributed by atoms with Crippen molar-refractivity contribution in [2.75, 3.05) is 21.3 Å². The maximum atomic E-state index is 13.0. The Labute approximate surface area is 134 Å². The molecule has 0 spiro atoms. The Kier molecular flexibility index (Phi) is 3.54. The third-order valence-corrected chi connectivity index (χ3v) is 6.68. The van der Waals surface area contributed by atoms with Gasteiger partial charge in [0.1, 0.15) is 0 Å². The van der Waals surface area contributed by atoms with Crippen LogP contribution >= 0.6 is 11.8 Å². The molecule has 2 bridgehead atoms. The highest BCUT2D eigenvalue weighted by Crippen LogP contribution is 2.64. The van der Waals surface area contributed by atoms with E-state index in [0.29, 0.717) is 5.57 Å². The molecule has 6 heteroatoms. The SMILES string of the molecule is COC(=O)C1=CC2C(=O)C(OC)(OC)C1C1SC(C)=CC21C. The maximum Gasteiger partial charge on any atom is 0.333 e. The lowest BCUT2D eigenvalue weighted by atomic mass is 9.54. The summed E-state index contributed by atoms with van der Waals surface area (Å²) in [5.74, 6) is -2.91. The molecule has 0 N–H and O–H groups in total. The molecule has 4 atom stereocenters. The first-order valence-corrected chi connectivity index (χ1v) is 8.04. The van der Waals surface area contributed by atoms with Gasteiger partial charge in [-0.15, -0.1) is 11.8 Å². The van der Waals surface area contributed by atoms with Crippen molar-refractivity contribution in [3.05, 3.63) is 22.6 Å². The number of hydrogen-bond donors (Lipinski definition) is 0. The molecule has 0 amide bonds. The number of carbonyl (C=O) groups is 2. The highest BCUT2D eigenvalue weighted by Gasteiger charge is 2.70. The Bertz CT molecular complexity index is 604. The van der Waals surface area contributed by atoms with Gasteiger partial charge in [0.05, 0.1) is 18.9 Å². The highest BCUT2D eigenvalue weighted by molar-refractivity contribution is 8.04. The van der Waals surface area contributed by atoms with Crippen LogP contribution in [0.25, 0.3) is 0 Å². The lowest BCUT2D eigenvalue weighted by molar-refractivity contribution is -0.243. The van der Waals surface area contributed by atoms with Crippen molar-refractivity contribution in [1.29, 1.82) is 0 Å². The predicted molar refractivity (Wildman–Crippen MR) is 82.1 cm³/mol. The van der Waals surface area contributed by atoms with E-state index in [0.717, 1.165) is 4.91 Å². The van der Waals surface area contributed by atoms with E-state index in [2.05, 4.69) is 13.0 Å². The standard InChI is InChI=1S/C16H20O5S/c1-8-7-15(2)10-6-9(14(18)19-3)11(13(15)22-8)16(20-4,21-5)12(10)17/h6-7,10-11,13H,1-5H3. The number of thioether (sulfide) groups is 1. The third kappa shape index (κ3) is 1.69. The number of rotatable bonds is 3. The van der Waals surface area contributed by atoms with E-state index in [1.807, 2.05) is 6.92 Å². The molecule has 1 fully saturated rings. The van der Waals surface area contributed by atoms with E-state index in [-0.39, 0.29) is 16.4 Å². The molecule has 22 heavy (non-hydrogen) atoms. The van der Waals surface area contributed by atoms with Crippen molar-refractivity contribution >= 4 is 23.5 Å². The Morgan fingerprint density at radius 2 is 1.91 bits per heavy atom. The van der Waals surface area contributed by atoms with E-state index in [1.165, 1.54) is 21.3 Å². The van der Waals surface area contributed by atoms with Crippen molar-refractivity contribution in [3.8, 4) is 0 Å². The largest absolute Gasteiger partial charge is 0.466 e. The Morgan fingerprint density at radius 3 is 2.45 bits per heavy atom. The second kappa shape index (κ2) is 4.94. The lowest BCUT2D eigenvalue weighted by Crippen LogP contribution is -2.68. The van der Waals surface area contributed by atoms with Crippen LogP contribution in [0.4, 0.5) is 0 Å². The molecule has 4 aliphatic rings. The van der Waals surface area contributed by atoms with Crippen LogP contribution in [0.1, 0.15) is 13.8 Å². The Hall–Kier alpha value is -1.11. The summed E-state index contributed by atoms with van der Waals surface area (Å²) in [6, 6.07) is 0. The molecule has 4 unspecified atom stereocenters. The van der Waals surface area contributed by atoms with Crippen molar-refractivity contribution < 1.29 is 23.8 Å². The zero-order chi connectivity index (χ0) is 16.3. The Morgan fingerprint density at radius 1 is 1.27 bits per heavy atom. The third-order valence-electron chi connectivity index (χ3n) is 5.16. The number of Topliss-reactive ketones (excluding diaryl/α,β-unsaturated/α-hetero) is 1. The van der Waals surface area contributed by atoms with E-state index in [1.54, 1.807) is 17.8 Å². The van der Waals surface area contributed by atoms with Crippen molar-refractivity contribution in [2.45, 2.75) is 24.9 Å². The zero-order valence-electron chi connectivity index (χ0n) is 13.3. The summed E-state index contributed by atoms with van der Waals surface area (Å²) in [7, 11) is 4.25. The first-order valence-electron chi connectivity index (χ1n) is 7.16. The van der Waals surface area contributed by atoms with Crippen LogP contribution in [0, 0.1) is 17.3 Å². The Balaban J connectivity index is 2.21. The molecule has 1 aliphatic heterocycles. The van der Waals surface area contributed by atoms with Gasteiger partial charge < -0.3 is 14.2 Å². The molecule has 4 rings (SSSR count). The van der Waals surface area contributed by atoms with Gasteiger partial charge in [-0.05, 0) is 11.8 Å². The first-order chi connectivity index (χ1) is 10.4. The smallest absolute Gasteiger partial charge is 0.333 e. The monoisotopic (exact) mass is 324 g/mol. The average molecular weight is 324 g/mol. The first kappa shape index (κ1) is 15.8. The molecule has 0 saturated heterocycles. The summed E-state index contributed by atoms with van der Waals surface area (Å²) in [4.78, 5) is 26.4. The summed E-state index contributed by atoms with van der Waals surface area (Å²) < 4.78 is 16.0. The van der Waals surface area contributed by atoms with Crippen LogP contribution in [0.5, 0.6) is 0 Å². The average Bonchev–Trinajstić information content (AvgIpc) is 2.82. The molecule has 0 aromatic rings. The number of carbonyl (C=O) groups excluding carboxylic acids is 2. The number of ketones is 1. The fraction of sp³-hybridized carbons (Fsp3) is 0.625. The molecule has 0 aromatic carbocycles. The minimum Gasteiger partial charge on any atom is -0.466 e. The summed E-state index contributed by atoms with van der Waals surface area (Å²) >= 11 is 1.68. The number of methoxy groups -OCH3 is 3. The molecule has 120 valence electrons. The van der Waals surface area contributed by atoms with E-state index < -0.39 is 23.6 Å².